The maximum Gasteiger partial charge on any atom is 0.231 e. The first-order valence-electron chi connectivity index (χ1n) is 10.9. The molecule has 0 fully saturated rings. The lowest BCUT2D eigenvalue weighted by Crippen LogP contribution is -1.98. The zero-order valence-corrected chi connectivity index (χ0v) is 18.5. The van der Waals surface area contributed by atoms with Gasteiger partial charge in [-0.3, -0.25) is 4.79 Å². The van der Waals surface area contributed by atoms with Gasteiger partial charge in [0, 0.05) is 34.8 Å². The third-order valence-electron chi connectivity index (χ3n) is 6.00. The second-order valence-corrected chi connectivity index (χ2v) is 8.17. The number of hydrogen-bond donors (Lipinski definition) is 0. The number of benzene rings is 3. The maximum atomic E-state index is 13.0. The monoisotopic (exact) mass is 423 g/mol. The summed E-state index contributed by atoms with van der Waals surface area (Å²) in [5.74, 6) is 1.56. The number of carbonyl (C=O) groups is 1. The molecule has 0 saturated carbocycles. The van der Waals surface area contributed by atoms with Gasteiger partial charge in [-0.15, -0.1) is 0 Å². The third-order valence-corrected chi connectivity index (χ3v) is 6.00. The van der Waals surface area contributed by atoms with Crippen molar-refractivity contribution in [1.82, 2.24) is 4.57 Å². The summed E-state index contributed by atoms with van der Waals surface area (Å²) in [6.45, 7) is 7.43. The van der Waals surface area contributed by atoms with Gasteiger partial charge in [0.15, 0.2) is 5.76 Å². The molecule has 4 nitrogen and oxygen atoms in total. The van der Waals surface area contributed by atoms with Crippen LogP contribution >= 0.6 is 0 Å². The minimum Gasteiger partial charge on any atom is -0.488 e. The number of allylic oxidation sites excluding steroid dienone is 1. The average Bonchev–Trinajstić information content (AvgIpc) is 3.33. The van der Waals surface area contributed by atoms with Crippen molar-refractivity contribution in [1.29, 1.82) is 0 Å². The topological polar surface area (TPSA) is 40.5 Å². The summed E-state index contributed by atoms with van der Waals surface area (Å²) in [7, 11) is 0. The largest absolute Gasteiger partial charge is 0.488 e. The van der Waals surface area contributed by atoms with Gasteiger partial charge >= 0.3 is 0 Å². The molecule has 5 rings (SSSR count). The molecular weight excluding hydrogens is 398 g/mol. The van der Waals surface area contributed by atoms with Crippen molar-refractivity contribution >= 4 is 22.8 Å². The van der Waals surface area contributed by atoms with E-state index in [1.54, 1.807) is 6.07 Å². The fourth-order valence-corrected chi connectivity index (χ4v) is 4.16. The molecule has 2 heterocycles. The zero-order valence-electron chi connectivity index (χ0n) is 18.5. The van der Waals surface area contributed by atoms with Gasteiger partial charge in [-0.05, 0) is 50.6 Å². The molecule has 0 saturated heterocycles. The Balaban J connectivity index is 1.43. The fourth-order valence-electron chi connectivity index (χ4n) is 4.16. The highest BCUT2D eigenvalue weighted by atomic mass is 16.5. The Morgan fingerprint density at radius 1 is 1.00 bits per heavy atom. The molecule has 160 valence electrons. The number of carbonyl (C=O) groups excluding carboxylic acids is 1. The van der Waals surface area contributed by atoms with Crippen LogP contribution in [0.5, 0.6) is 11.5 Å². The number of nitrogens with zero attached hydrogens (tertiary/aromatic N) is 1. The second kappa shape index (κ2) is 8.04. The van der Waals surface area contributed by atoms with Gasteiger partial charge in [-0.2, -0.15) is 0 Å². The summed E-state index contributed by atoms with van der Waals surface area (Å²) in [5, 5.41) is 1.10. The van der Waals surface area contributed by atoms with E-state index in [4.69, 9.17) is 9.47 Å². The van der Waals surface area contributed by atoms with Crippen LogP contribution < -0.4 is 9.47 Å². The van der Waals surface area contributed by atoms with Crippen LogP contribution in [0.4, 0.5) is 0 Å². The predicted octanol–water partition coefficient (Wildman–Crippen LogP) is 6.47. The van der Waals surface area contributed by atoms with Crippen molar-refractivity contribution in [3.63, 3.8) is 0 Å². The van der Waals surface area contributed by atoms with E-state index < -0.39 is 0 Å². The van der Waals surface area contributed by atoms with Crippen LogP contribution in [0.1, 0.15) is 39.5 Å². The van der Waals surface area contributed by atoms with Crippen molar-refractivity contribution in [2.24, 2.45) is 0 Å². The minimum atomic E-state index is -0.0958. The number of fused-ring (bicyclic) bond motifs is 2. The van der Waals surface area contributed by atoms with E-state index in [1.807, 2.05) is 31.2 Å². The molecule has 0 amide bonds. The first-order chi connectivity index (χ1) is 15.5. The van der Waals surface area contributed by atoms with Crippen molar-refractivity contribution in [3.8, 4) is 11.5 Å². The molecule has 0 N–H and O–H groups in total. The zero-order chi connectivity index (χ0) is 22.2. The van der Waals surface area contributed by atoms with Gasteiger partial charge in [-0.1, -0.05) is 48.0 Å². The molecule has 0 aliphatic carbocycles. The molecular formula is C28H25NO3. The molecule has 0 unspecified atom stereocenters. The van der Waals surface area contributed by atoms with Crippen LogP contribution in [-0.2, 0) is 13.2 Å². The molecule has 0 radical (unpaired) electrons. The minimum absolute atomic E-state index is 0.0958. The van der Waals surface area contributed by atoms with Crippen molar-refractivity contribution < 1.29 is 14.3 Å². The number of ether oxygens (including phenoxy) is 2. The Bertz CT molecular complexity index is 1360. The molecule has 0 atom stereocenters. The summed E-state index contributed by atoms with van der Waals surface area (Å²) < 4.78 is 14.3. The molecule has 4 aromatic rings. The lowest BCUT2D eigenvalue weighted by atomic mass is 10.1. The number of rotatable bonds is 5. The molecule has 4 heteroatoms. The summed E-state index contributed by atoms with van der Waals surface area (Å²) in [5.41, 5.74) is 5.86. The fraction of sp³-hybridized carbons (Fsp3) is 0.179. The van der Waals surface area contributed by atoms with Crippen LogP contribution in [0.15, 0.2) is 72.6 Å². The van der Waals surface area contributed by atoms with Gasteiger partial charge in [-0.25, -0.2) is 0 Å². The number of ketones is 1. The molecule has 0 spiro atoms. The van der Waals surface area contributed by atoms with E-state index in [0.717, 1.165) is 39.9 Å². The smallest absolute Gasteiger partial charge is 0.231 e. The quantitative estimate of drug-likeness (QED) is 0.345. The van der Waals surface area contributed by atoms with E-state index in [-0.39, 0.29) is 5.78 Å². The highest BCUT2D eigenvalue weighted by molar-refractivity contribution is 6.15. The Morgan fingerprint density at radius 2 is 1.78 bits per heavy atom. The molecule has 3 aromatic carbocycles. The van der Waals surface area contributed by atoms with Crippen molar-refractivity contribution in [2.45, 2.75) is 33.9 Å². The molecule has 1 aromatic heterocycles. The van der Waals surface area contributed by atoms with E-state index >= 15 is 0 Å². The van der Waals surface area contributed by atoms with Gasteiger partial charge in [0.25, 0.3) is 0 Å². The second-order valence-electron chi connectivity index (χ2n) is 8.17. The Morgan fingerprint density at radius 3 is 2.56 bits per heavy atom. The molecule has 0 bridgehead atoms. The van der Waals surface area contributed by atoms with E-state index in [0.29, 0.717) is 23.7 Å². The van der Waals surface area contributed by atoms with Crippen LogP contribution in [0.25, 0.3) is 17.0 Å². The van der Waals surface area contributed by atoms with Gasteiger partial charge in [0.1, 0.15) is 18.1 Å². The van der Waals surface area contributed by atoms with Crippen LogP contribution in [0, 0.1) is 13.8 Å². The van der Waals surface area contributed by atoms with Crippen molar-refractivity contribution in [3.05, 3.63) is 100 Å². The number of para-hydroxylation sites is 1. The normalized spacial score (nSPS) is 14.1. The number of aryl methyl sites for hydroxylation is 2. The van der Waals surface area contributed by atoms with Crippen LogP contribution in [-0.4, -0.2) is 10.4 Å². The lowest BCUT2D eigenvalue weighted by molar-refractivity contribution is 0.101. The first-order valence-corrected chi connectivity index (χ1v) is 10.9. The predicted molar refractivity (Wildman–Crippen MR) is 127 cm³/mol. The number of hydrogen-bond acceptors (Lipinski definition) is 3. The van der Waals surface area contributed by atoms with E-state index in [2.05, 4.69) is 61.0 Å². The van der Waals surface area contributed by atoms with E-state index in [9.17, 15) is 4.79 Å². The van der Waals surface area contributed by atoms with Gasteiger partial charge in [0.05, 0.1) is 5.56 Å². The third kappa shape index (κ3) is 3.48. The Labute approximate surface area is 187 Å². The number of Topliss-reactive ketones (excluding diaryl/α,β-unsaturated/α-hetero) is 1. The first kappa shape index (κ1) is 20.1. The summed E-state index contributed by atoms with van der Waals surface area (Å²) >= 11 is 0. The van der Waals surface area contributed by atoms with Crippen molar-refractivity contribution in [2.75, 3.05) is 0 Å². The molecule has 32 heavy (non-hydrogen) atoms. The summed E-state index contributed by atoms with van der Waals surface area (Å²) in [4.78, 5) is 13.0. The van der Waals surface area contributed by atoms with E-state index in [1.165, 1.54) is 5.56 Å². The number of aromatic nitrogens is 1. The summed E-state index contributed by atoms with van der Waals surface area (Å²) in [6, 6.07) is 20.1. The highest BCUT2D eigenvalue weighted by Gasteiger charge is 2.30. The Kier molecular flexibility index (Phi) is 5.06. The lowest BCUT2D eigenvalue weighted by Gasteiger charge is -2.11. The highest BCUT2D eigenvalue weighted by Crippen LogP contribution is 2.40. The Hall–Kier alpha value is -3.79. The van der Waals surface area contributed by atoms with Gasteiger partial charge < -0.3 is 14.0 Å². The van der Waals surface area contributed by atoms with Crippen LogP contribution in [0.2, 0.25) is 0 Å². The maximum absolute atomic E-state index is 13.0. The van der Waals surface area contributed by atoms with Gasteiger partial charge in [0.2, 0.25) is 5.78 Å². The SMILES string of the molecule is CCn1cc(/C=C2\Oc3c(ccc(OCc4ccc(C)cc4)c3C)C2=O)c2ccccc21. The van der Waals surface area contributed by atoms with Crippen LogP contribution in [0.3, 0.4) is 0 Å². The summed E-state index contributed by atoms with van der Waals surface area (Å²) in [6.07, 6.45) is 3.92. The average molecular weight is 424 g/mol. The molecule has 1 aliphatic heterocycles. The molecule has 1 aliphatic rings. The standard InChI is InChI=1S/C28H25NO3/c1-4-29-16-21(22-7-5-6-8-24(22)29)15-26-27(30)23-13-14-25(19(3)28(23)32-26)31-17-20-11-9-18(2)10-12-20/h5-16H,4,17H2,1-3H3/b26-15-.